The quantitative estimate of drug-likeness (QED) is 0.828. The van der Waals surface area contributed by atoms with Gasteiger partial charge in [0.2, 0.25) is 0 Å². The molecule has 0 radical (unpaired) electrons. The van der Waals surface area contributed by atoms with Crippen LogP contribution in [0.3, 0.4) is 0 Å². The van der Waals surface area contributed by atoms with E-state index >= 15 is 0 Å². The lowest BCUT2D eigenvalue weighted by molar-refractivity contribution is 0.284. The molecule has 0 saturated carbocycles. The van der Waals surface area contributed by atoms with Gasteiger partial charge in [0.15, 0.2) is 0 Å². The highest BCUT2D eigenvalue weighted by Gasteiger charge is 2.20. The molecule has 1 atom stereocenters. The second-order valence-corrected chi connectivity index (χ2v) is 4.32. The maximum absolute atomic E-state index is 5.78. The smallest absolute Gasteiger partial charge is 0.142 e. The summed E-state index contributed by atoms with van der Waals surface area (Å²) in [5, 5.41) is 3.52. The molecule has 2 aromatic rings. The number of ether oxygens (including phenoxy) is 1. The van der Waals surface area contributed by atoms with Gasteiger partial charge < -0.3 is 15.0 Å². The number of fused-ring (bicyclic) bond motifs is 1. The third-order valence-electron chi connectivity index (χ3n) is 3.18. The fourth-order valence-corrected chi connectivity index (χ4v) is 2.17. The Balaban J connectivity index is 1.89. The van der Waals surface area contributed by atoms with Crippen LogP contribution in [-0.4, -0.2) is 11.6 Å². The Hall–Kier alpha value is -1.90. The molecule has 0 spiro atoms. The zero-order valence-corrected chi connectivity index (χ0v) is 9.86. The van der Waals surface area contributed by atoms with Crippen LogP contribution < -0.4 is 10.1 Å². The molecule has 1 unspecified atom stereocenters. The van der Waals surface area contributed by atoms with E-state index in [1.54, 1.807) is 0 Å². The largest absolute Gasteiger partial charge is 0.489 e. The van der Waals surface area contributed by atoms with Crippen LogP contribution in [0.5, 0.6) is 5.75 Å². The maximum Gasteiger partial charge on any atom is 0.142 e. The molecule has 1 aliphatic rings. The minimum absolute atomic E-state index is 0.213. The lowest BCUT2D eigenvalue weighted by Crippen LogP contribution is -2.24. The van der Waals surface area contributed by atoms with Gasteiger partial charge in [0.1, 0.15) is 18.4 Å². The van der Waals surface area contributed by atoms with E-state index < -0.39 is 0 Å². The summed E-state index contributed by atoms with van der Waals surface area (Å²) >= 11 is 0. The molecule has 0 aliphatic carbocycles. The molecule has 3 rings (SSSR count). The molecule has 1 aromatic heterocycles. The topological polar surface area (TPSA) is 37.0 Å². The van der Waals surface area contributed by atoms with Crippen molar-refractivity contribution in [1.29, 1.82) is 0 Å². The Labute approximate surface area is 101 Å². The number of aromatic nitrogens is 1. The van der Waals surface area contributed by atoms with Crippen molar-refractivity contribution in [2.24, 2.45) is 0 Å². The first-order valence-electron chi connectivity index (χ1n) is 6.02. The SMILES string of the molecule is CCc1ccc2c(c1)NC(c1ccc[nH]1)CO2. The van der Waals surface area contributed by atoms with Gasteiger partial charge in [-0.15, -0.1) is 0 Å². The third-order valence-corrected chi connectivity index (χ3v) is 3.18. The van der Waals surface area contributed by atoms with Crippen molar-refractivity contribution >= 4 is 5.69 Å². The Bertz CT molecular complexity index is 505. The molecule has 2 N–H and O–H groups in total. The molecule has 88 valence electrons. The Kier molecular flexibility index (Phi) is 2.52. The van der Waals surface area contributed by atoms with Gasteiger partial charge in [0.25, 0.3) is 0 Å². The summed E-state index contributed by atoms with van der Waals surface area (Å²) < 4.78 is 5.78. The van der Waals surface area contributed by atoms with Gasteiger partial charge in [-0.2, -0.15) is 0 Å². The second-order valence-electron chi connectivity index (χ2n) is 4.32. The molecular formula is C14H16N2O. The lowest BCUT2D eigenvalue weighted by atomic mass is 10.1. The van der Waals surface area contributed by atoms with E-state index in [1.807, 2.05) is 18.3 Å². The maximum atomic E-state index is 5.78. The summed E-state index contributed by atoms with van der Waals surface area (Å²) in [7, 11) is 0. The van der Waals surface area contributed by atoms with E-state index in [0.29, 0.717) is 6.61 Å². The van der Waals surface area contributed by atoms with E-state index in [2.05, 4.69) is 35.4 Å². The predicted octanol–water partition coefficient (Wildman–Crippen LogP) is 3.12. The van der Waals surface area contributed by atoms with E-state index in [4.69, 9.17) is 4.74 Å². The summed E-state index contributed by atoms with van der Waals surface area (Å²) in [4.78, 5) is 3.22. The summed E-state index contributed by atoms with van der Waals surface area (Å²) in [6.07, 6.45) is 2.98. The number of anilines is 1. The summed E-state index contributed by atoms with van der Waals surface area (Å²) in [6, 6.07) is 10.6. The van der Waals surface area contributed by atoms with Crippen molar-refractivity contribution in [2.45, 2.75) is 19.4 Å². The molecule has 1 aliphatic heterocycles. The van der Waals surface area contributed by atoms with Gasteiger partial charge >= 0.3 is 0 Å². The highest BCUT2D eigenvalue weighted by Crippen LogP contribution is 2.34. The first-order valence-corrected chi connectivity index (χ1v) is 6.02. The molecule has 0 bridgehead atoms. The zero-order valence-electron chi connectivity index (χ0n) is 9.86. The number of nitrogens with one attached hydrogen (secondary N) is 2. The van der Waals surface area contributed by atoms with Crippen molar-refractivity contribution in [3.8, 4) is 5.75 Å². The van der Waals surface area contributed by atoms with Gasteiger partial charge in [-0.1, -0.05) is 13.0 Å². The Morgan fingerprint density at radius 3 is 3.06 bits per heavy atom. The van der Waals surface area contributed by atoms with E-state index in [1.165, 1.54) is 5.56 Å². The fraction of sp³-hybridized carbons (Fsp3) is 0.286. The average molecular weight is 228 g/mol. The van der Waals surface area contributed by atoms with Crippen LogP contribution in [0.2, 0.25) is 0 Å². The van der Waals surface area contributed by atoms with Crippen LogP contribution in [-0.2, 0) is 6.42 Å². The lowest BCUT2D eigenvalue weighted by Gasteiger charge is -2.27. The van der Waals surface area contributed by atoms with E-state index in [9.17, 15) is 0 Å². The van der Waals surface area contributed by atoms with Gasteiger partial charge in [0, 0.05) is 11.9 Å². The van der Waals surface area contributed by atoms with Crippen molar-refractivity contribution in [3.63, 3.8) is 0 Å². The van der Waals surface area contributed by atoms with Gasteiger partial charge in [0.05, 0.1) is 5.69 Å². The molecule has 0 fully saturated rings. The van der Waals surface area contributed by atoms with Crippen LogP contribution in [0.4, 0.5) is 5.69 Å². The van der Waals surface area contributed by atoms with Crippen LogP contribution in [0.15, 0.2) is 36.5 Å². The molecule has 3 heteroatoms. The Morgan fingerprint density at radius 1 is 1.35 bits per heavy atom. The minimum Gasteiger partial charge on any atom is -0.489 e. The summed E-state index contributed by atoms with van der Waals surface area (Å²) in [6.45, 7) is 2.83. The first kappa shape index (κ1) is 10.3. The zero-order chi connectivity index (χ0) is 11.7. The van der Waals surface area contributed by atoms with Crippen molar-refractivity contribution in [2.75, 3.05) is 11.9 Å². The van der Waals surface area contributed by atoms with Gasteiger partial charge in [-0.05, 0) is 36.2 Å². The molecule has 2 heterocycles. The normalized spacial score (nSPS) is 18.1. The number of hydrogen-bond donors (Lipinski definition) is 2. The average Bonchev–Trinajstić information content (AvgIpc) is 2.91. The van der Waals surface area contributed by atoms with Gasteiger partial charge in [-0.3, -0.25) is 0 Å². The van der Waals surface area contributed by atoms with Crippen LogP contribution in [0.25, 0.3) is 0 Å². The van der Waals surface area contributed by atoms with Crippen LogP contribution in [0, 0.1) is 0 Å². The number of hydrogen-bond acceptors (Lipinski definition) is 2. The molecule has 1 aromatic carbocycles. The monoisotopic (exact) mass is 228 g/mol. The molecule has 17 heavy (non-hydrogen) atoms. The molecular weight excluding hydrogens is 212 g/mol. The van der Waals surface area contributed by atoms with Crippen molar-refractivity contribution in [1.82, 2.24) is 4.98 Å². The number of H-pyrrole nitrogens is 1. The minimum atomic E-state index is 0.213. The highest BCUT2D eigenvalue weighted by atomic mass is 16.5. The number of aryl methyl sites for hydroxylation is 1. The number of benzene rings is 1. The molecule has 0 saturated heterocycles. The number of aromatic amines is 1. The summed E-state index contributed by atoms with van der Waals surface area (Å²) in [5.41, 5.74) is 3.58. The third kappa shape index (κ3) is 1.88. The summed E-state index contributed by atoms with van der Waals surface area (Å²) in [5.74, 6) is 0.949. The van der Waals surface area contributed by atoms with E-state index in [0.717, 1.165) is 23.6 Å². The Morgan fingerprint density at radius 2 is 2.29 bits per heavy atom. The predicted molar refractivity (Wildman–Crippen MR) is 68.5 cm³/mol. The van der Waals surface area contributed by atoms with Crippen molar-refractivity contribution in [3.05, 3.63) is 47.8 Å². The standard InChI is InChI=1S/C14H16N2O/c1-2-10-5-6-14-12(8-10)16-13(9-17-14)11-4-3-7-15-11/h3-8,13,15-16H,2,9H2,1H3. The van der Waals surface area contributed by atoms with Crippen molar-refractivity contribution < 1.29 is 4.74 Å². The van der Waals surface area contributed by atoms with Crippen LogP contribution >= 0.6 is 0 Å². The number of rotatable bonds is 2. The van der Waals surface area contributed by atoms with Gasteiger partial charge in [-0.25, -0.2) is 0 Å². The molecule has 3 nitrogen and oxygen atoms in total. The van der Waals surface area contributed by atoms with E-state index in [-0.39, 0.29) is 6.04 Å². The van der Waals surface area contributed by atoms with Crippen LogP contribution in [0.1, 0.15) is 24.2 Å². The molecule has 0 amide bonds. The first-order chi connectivity index (χ1) is 8.36. The second kappa shape index (κ2) is 4.17. The fourth-order valence-electron chi connectivity index (χ4n) is 2.17. The highest BCUT2D eigenvalue weighted by molar-refractivity contribution is 5.60.